The second kappa shape index (κ2) is 6.81. The summed E-state index contributed by atoms with van der Waals surface area (Å²) in [6, 6.07) is -0.0676. The third-order valence-electron chi connectivity index (χ3n) is 7.18. The van der Waals surface area contributed by atoms with Crippen molar-refractivity contribution in [3.63, 3.8) is 0 Å². The van der Waals surface area contributed by atoms with Gasteiger partial charge in [-0.2, -0.15) is 0 Å². The standard InChI is InChI=1S/C20H33N3O2/c1-14-3-6-23(7-4-14)18(24)2-5-21-19(25)22-20-11-15-8-16(12-20)10-17(9-15)13-20/h14-17H,2-13H2,1H3,(H2,21,22,25). The molecule has 0 aromatic carbocycles. The number of nitrogens with one attached hydrogen (secondary N) is 2. The van der Waals surface area contributed by atoms with E-state index in [1.807, 2.05) is 4.90 Å². The van der Waals surface area contributed by atoms with E-state index in [1.54, 1.807) is 0 Å². The first-order valence-electron chi connectivity index (χ1n) is 10.4. The van der Waals surface area contributed by atoms with Crippen molar-refractivity contribution in [1.29, 1.82) is 0 Å². The molecule has 0 aromatic heterocycles. The molecule has 0 unspecified atom stereocenters. The normalized spacial score (nSPS) is 37.2. The summed E-state index contributed by atoms with van der Waals surface area (Å²) in [5.41, 5.74) is 0.0475. The van der Waals surface area contributed by atoms with E-state index in [0.717, 1.165) is 68.9 Å². The van der Waals surface area contributed by atoms with Crippen molar-refractivity contribution >= 4 is 11.9 Å². The smallest absolute Gasteiger partial charge is 0.315 e. The molecular formula is C20H33N3O2. The highest BCUT2D eigenvalue weighted by Crippen LogP contribution is 2.55. The van der Waals surface area contributed by atoms with Gasteiger partial charge in [0, 0.05) is 31.6 Å². The van der Waals surface area contributed by atoms with Gasteiger partial charge < -0.3 is 15.5 Å². The van der Waals surface area contributed by atoms with Crippen LogP contribution < -0.4 is 10.6 Å². The van der Waals surface area contributed by atoms with Crippen molar-refractivity contribution < 1.29 is 9.59 Å². The van der Waals surface area contributed by atoms with Crippen molar-refractivity contribution in [2.75, 3.05) is 19.6 Å². The third kappa shape index (κ3) is 3.80. The molecule has 4 saturated carbocycles. The van der Waals surface area contributed by atoms with Crippen molar-refractivity contribution in [1.82, 2.24) is 15.5 Å². The molecule has 0 spiro atoms. The molecule has 140 valence electrons. The summed E-state index contributed by atoms with van der Waals surface area (Å²) in [4.78, 5) is 26.6. The lowest BCUT2D eigenvalue weighted by atomic mass is 9.53. The highest BCUT2D eigenvalue weighted by atomic mass is 16.2. The average molecular weight is 348 g/mol. The molecule has 4 bridgehead atoms. The van der Waals surface area contributed by atoms with E-state index < -0.39 is 0 Å². The number of piperidine rings is 1. The predicted octanol–water partition coefficient (Wildman–Crippen LogP) is 2.90. The minimum absolute atomic E-state index is 0.0475. The van der Waals surface area contributed by atoms with Crippen LogP contribution in [0.4, 0.5) is 4.79 Å². The lowest BCUT2D eigenvalue weighted by molar-refractivity contribution is -0.132. The van der Waals surface area contributed by atoms with E-state index in [1.165, 1.54) is 19.3 Å². The quantitative estimate of drug-likeness (QED) is 0.821. The topological polar surface area (TPSA) is 61.4 Å². The average Bonchev–Trinajstić information content (AvgIpc) is 2.53. The molecule has 5 rings (SSSR count). The van der Waals surface area contributed by atoms with Gasteiger partial charge in [0.1, 0.15) is 0 Å². The van der Waals surface area contributed by atoms with Crippen LogP contribution in [-0.4, -0.2) is 42.0 Å². The van der Waals surface area contributed by atoms with E-state index in [9.17, 15) is 9.59 Å². The van der Waals surface area contributed by atoms with Gasteiger partial charge >= 0.3 is 6.03 Å². The van der Waals surface area contributed by atoms with E-state index in [2.05, 4.69) is 17.6 Å². The molecule has 5 aliphatic rings. The Hall–Kier alpha value is -1.26. The number of hydrogen-bond donors (Lipinski definition) is 2. The number of carbonyl (C=O) groups excluding carboxylic acids is 2. The van der Waals surface area contributed by atoms with Gasteiger partial charge in [0.15, 0.2) is 0 Å². The van der Waals surface area contributed by atoms with Crippen LogP contribution >= 0.6 is 0 Å². The molecule has 5 heteroatoms. The molecule has 0 atom stereocenters. The van der Waals surface area contributed by atoms with Crippen LogP contribution in [0.5, 0.6) is 0 Å². The minimum atomic E-state index is -0.0676. The summed E-state index contributed by atoms with van der Waals surface area (Å²) in [6.45, 7) is 4.44. The van der Waals surface area contributed by atoms with Gasteiger partial charge in [-0.1, -0.05) is 6.92 Å². The third-order valence-corrected chi connectivity index (χ3v) is 7.18. The molecule has 1 aliphatic heterocycles. The van der Waals surface area contributed by atoms with Gasteiger partial charge in [0.25, 0.3) is 0 Å². The molecular weight excluding hydrogens is 314 g/mol. The van der Waals surface area contributed by atoms with Crippen molar-refractivity contribution in [3.05, 3.63) is 0 Å². The Morgan fingerprint density at radius 2 is 1.56 bits per heavy atom. The lowest BCUT2D eigenvalue weighted by Gasteiger charge is -2.56. The number of likely N-dealkylation sites (tertiary alicyclic amines) is 1. The Bertz CT molecular complexity index is 490. The maximum atomic E-state index is 12.4. The van der Waals surface area contributed by atoms with E-state index in [4.69, 9.17) is 0 Å². The lowest BCUT2D eigenvalue weighted by Crippen LogP contribution is -2.61. The molecule has 0 aromatic rings. The van der Waals surface area contributed by atoms with Gasteiger partial charge in [0.2, 0.25) is 5.91 Å². The molecule has 0 radical (unpaired) electrons. The monoisotopic (exact) mass is 347 g/mol. The fourth-order valence-corrected chi connectivity index (χ4v) is 6.25. The van der Waals surface area contributed by atoms with E-state index in [0.29, 0.717) is 13.0 Å². The van der Waals surface area contributed by atoms with Crippen molar-refractivity contribution in [3.8, 4) is 0 Å². The fourth-order valence-electron chi connectivity index (χ4n) is 6.25. The Kier molecular flexibility index (Phi) is 4.67. The van der Waals surface area contributed by atoms with Gasteiger partial charge in [-0.05, 0) is 75.0 Å². The van der Waals surface area contributed by atoms with Crippen LogP contribution in [0.15, 0.2) is 0 Å². The first-order valence-corrected chi connectivity index (χ1v) is 10.4. The fraction of sp³-hybridized carbons (Fsp3) is 0.900. The first-order chi connectivity index (χ1) is 12.0. The van der Waals surface area contributed by atoms with Crippen LogP contribution in [0.25, 0.3) is 0 Å². The largest absolute Gasteiger partial charge is 0.343 e. The van der Waals surface area contributed by atoms with Crippen molar-refractivity contribution in [2.45, 2.75) is 70.3 Å². The SMILES string of the molecule is CC1CCN(C(=O)CCNC(=O)NC23CC4CC(CC(C4)C2)C3)CC1. The number of rotatable bonds is 4. The maximum absolute atomic E-state index is 12.4. The zero-order valence-corrected chi connectivity index (χ0v) is 15.6. The molecule has 4 aliphatic carbocycles. The van der Waals surface area contributed by atoms with Gasteiger partial charge in [0.05, 0.1) is 0 Å². The second-order valence-corrected chi connectivity index (χ2v) is 9.39. The van der Waals surface area contributed by atoms with Crippen LogP contribution in [0.1, 0.15) is 64.7 Å². The summed E-state index contributed by atoms with van der Waals surface area (Å²) in [6.07, 6.45) is 10.3. The number of hydrogen-bond acceptors (Lipinski definition) is 2. The zero-order chi connectivity index (χ0) is 17.4. The Labute approximate surface area is 151 Å². The highest BCUT2D eigenvalue weighted by molar-refractivity contribution is 5.78. The Morgan fingerprint density at radius 1 is 1.00 bits per heavy atom. The maximum Gasteiger partial charge on any atom is 0.315 e. The highest BCUT2D eigenvalue weighted by Gasteiger charge is 2.51. The number of carbonyl (C=O) groups is 2. The van der Waals surface area contributed by atoms with Gasteiger partial charge in [-0.25, -0.2) is 4.79 Å². The summed E-state index contributed by atoms with van der Waals surface area (Å²) in [7, 11) is 0. The zero-order valence-electron chi connectivity index (χ0n) is 15.6. The number of urea groups is 1. The molecule has 1 heterocycles. The number of nitrogens with zero attached hydrogens (tertiary/aromatic N) is 1. The molecule has 2 N–H and O–H groups in total. The molecule has 25 heavy (non-hydrogen) atoms. The first kappa shape index (κ1) is 17.2. The van der Waals surface area contributed by atoms with Gasteiger partial charge in [-0.15, -0.1) is 0 Å². The molecule has 3 amide bonds. The van der Waals surface area contributed by atoms with E-state index >= 15 is 0 Å². The summed E-state index contributed by atoms with van der Waals surface area (Å²) >= 11 is 0. The van der Waals surface area contributed by atoms with Gasteiger partial charge in [-0.3, -0.25) is 4.79 Å². The van der Waals surface area contributed by atoms with Crippen LogP contribution in [0, 0.1) is 23.7 Å². The predicted molar refractivity (Wildman–Crippen MR) is 97.0 cm³/mol. The minimum Gasteiger partial charge on any atom is -0.343 e. The summed E-state index contributed by atoms with van der Waals surface area (Å²) < 4.78 is 0. The van der Waals surface area contributed by atoms with Crippen molar-refractivity contribution in [2.24, 2.45) is 23.7 Å². The second-order valence-electron chi connectivity index (χ2n) is 9.39. The number of amides is 3. The van der Waals surface area contributed by atoms with E-state index in [-0.39, 0.29) is 17.5 Å². The van der Waals surface area contributed by atoms with Crippen LogP contribution in [0.2, 0.25) is 0 Å². The van der Waals surface area contributed by atoms with Crippen LogP contribution in [-0.2, 0) is 4.79 Å². The molecule has 5 fully saturated rings. The summed E-state index contributed by atoms with van der Waals surface area (Å²) in [5.74, 6) is 3.40. The molecule has 5 nitrogen and oxygen atoms in total. The Morgan fingerprint density at radius 3 is 2.12 bits per heavy atom. The summed E-state index contributed by atoms with van der Waals surface area (Å²) in [5, 5.41) is 6.25. The Balaban J connectivity index is 1.20. The molecule has 1 saturated heterocycles. The van der Waals surface area contributed by atoms with Crippen LogP contribution in [0.3, 0.4) is 0 Å².